The zero-order valence-corrected chi connectivity index (χ0v) is 11.4. The first-order valence-corrected chi connectivity index (χ1v) is 6.79. The summed E-state index contributed by atoms with van der Waals surface area (Å²) in [5, 5.41) is 12.2. The normalized spacial score (nSPS) is 24.5. The molecule has 2 heterocycles. The van der Waals surface area contributed by atoms with Crippen LogP contribution in [0.5, 0.6) is 0 Å². The number of furan rings is 1. The molecule has 19 heavy (non-hydrogen) atoms. The van der Waals surface area contributed by atoms with Gasteiger partial charge in [-0.25, -0.2) is 4.79 Å². The van der Waals surface area contributed by atoms with E-state index in [-0.39, 0.29) is 11.8 Å². The molecule has 0 aliphatic carbocycles. The lowest BCUT2D eigenvalue weighted by Crippen LogP contribution is -2.30. The molecule has 1 aromatic rings. The molecule has 0 bridgehead atoms. The van der Waals surface area contributed by atoms with Gasteiger partial charge < -0.3 is 19.6 Å². The standard InChI is InChI=1S/C14H21NO4/c1-3-11-10(6-7-18-11)8-15-9(2)12-4-5-13(19-12)14(16)17/h4-5,9-11,15H,3,6-8H2,1-2H3,(H,16,17). The number of hydrogen-bond acceptors (Lipinski definition) is 4. The van der Waals surface area contributed by atoms with Crippen molar-refractivity contribution in [1.82, 2.24) is 5.32 Å². The van der Waals surface area contributed by atoms with Crippen LogP contribution in [0.2, 0.25) is 0 Å². The molecule has 0 radical (unpaired) electrons. The summed E-state index contributed by atoms with van der Waals surface area (Å²) in [4.78, 5) is 10.8. The van der Waals surface area contributed by atoms with E-state index in [4.69, 9.17) is 14.3 Å². The Kier molecular flexibility index (Phi) is 4.61. The molecule has 106 valence electrons. The van der Waals surface area contributed by atoms with Gasteiger partial charge in [0, 0.05) is 13.2 Å². The number of carboxylic acid groups (broad SMARTS) is 1. The third-order valence-corrected chi connectivity index (χ3v) is 3.70. The summed E-state index contributed by atoms with van der Waals surface area (Å²) >= 11 is 0. The van der Waals surface area contributed by atoms with Gasteiger partial charge in [0.1, 0.15) is 5.76 Å². The lowest BCUT2D eigenvalue weighted by Gasteiger charge is -2.19. The van der Waals surface area contributed by atoms with Gasteiger partial charge in [0.2, 0.25) is 5.76 Å². The van der Waals surface area contributed by atoms with Gasteiger partial charge in [0.05, 0.1) is 12.1 Å². The fourth-order valence-corrected chi connectivity index (χ4v) is 2.51. The molecule has 1 saturated heterocycles. The van der Waals surface area contributed by atoms with Gasteiger partial charge in [-0.3, -0.25) is 0 Å². The molecule has 1 aliphatic heterocycles. The van der Waals surface area contributed by atoms with Crippen molar-refractivity contribution in [2.24, 2.45) is 5.92 Å². The van der Waals surface area contributed by atoms with Crippen LogP contribution in [0.25, 0.3) is 0 Å². The van der Waals surface area contributed by atoms with E-state index in [9.17, 15) is 4.79 Å². The van der Waals surface area contributed by atoms with Crippen LogP contribution >= 0.6 is 0 Å². The SMILES string of the molecule is CCC1OCCC1CNC(C)c1ccc(C(=O)O)o1. The molecule has 5 nitrogen and oxygen atoms in total. The molecule has 2 rings (SSSR count). The third-order valence-electron chi connectivity index (χ3n) is 3.70. The molecule has 0 aromatic carbocycles. The first kappa shape index (κ1) is 14.1. The Morgan fingerprint density at radius 2 is 2.37 bits per heavy atom. The monoisotopic (exact) mass is 267 g/mol. The summed E-state index contributed by atoms with van der Waals surface area (Å²) in [6.07, 6.45) is 2.45. The van der Waals surface area contributed by atoms with Gasteiger partial charge in [-0.2, -0.15) is 0 Å². The summed E-state index contributed by atoms with van der Waals surface area (Å²) in [6, 6.07) is 3.21. The Morgan fingerprint density at radius 3 is 3.00 bits per heavy atom. The minimum Gasteiger partial charge on any atom is -0.475 e. The highest BCUT2D eigenvalue weighted by Crippen LogP contribution is 2.24. The molecule has 0 spiro atoms. The molecular formula is C14H21NO4. The van der Waals surface area contributed by atoms with Gasteiger partial charge in [-0.05, 0) is 37.8 Å². The maximum atomic E-state index is 10.8. The maximum Gasteiger partial charge on any atom is 0.371 e. The van der Waals surface area contributed by atoms with Crippen LogP contribution < -0.4 is 5.32 Å². The summed E-state index contributed by atoms with van der Waals surface area (Å²) in [5.41, 5.74) is 0. The van der Waals surface area contributed by atoms with E-state index in [0.29, 0.717) is 17.8 Å². The van der Waals surface area contributed by atoms with Crippen LogP contribution in [0.1, 0.15) is 49.0 Å². The largest absolute Gasteiger partial charge is 0.475 e. The topological polar surface area (TPSA) is 71.7 Å². The Hall–Kier alpha value is -1.33. The highest BCUT2D eigenvalue weighted by atomic mass is 16.5. The number of carboxylic acids is 1. The zero-order chi connectivity index (χ0) is 13.8. The van der Waals surface area contributed by atoms with E-state index in [1.54, 1.807) is 6.07 Å². The van der Waals surface area contributed by atoms with Crippen LogP contribution in [0.15, 0.2) is 16.5 Å². The molecule has 3 atom stereocenters. The molecule has 3 unspecified atom stereocenters. The Balaban J connectivity index is 1.86. The molecular weight excluding hydrogens is 246 g/mol. The van der Waals surface area contributed by atoms with Crippen LogP contribution in [0.3, 0.4) is 0 Å². The average molecular weight is 267 g/mol. The Morgan fingerprint density at radius 1 is 1.58 bits per heavy atom. The zero-order valence-electron chi connectivity index (χ0n) is 11.4. The van der Waals surface area contributed by atoms with E-state index < -0.39 is 5.97 Å². The highest BCUT2D eigenvalue weighted by molar-refractivity contribution is 5.84. The number of nitrogens with one attached hydrogen (secondary N) is 1. The first-order chi connectivity index (χ1) is 9.11. The lowest BCUT2D eigenvalue weighted by molar-refractivity contribution is 0.0659. The predicted molar refractivity (Wildman–Crippen MR) is 70.2 cm³/mol. The number of rotatable bonds is 6. The van der Waals surface area contributed by atoms with Crippen molar-refractivity contribution in [2.45, 2.75) is 38.8 Å². The van der Waals surface area contributed by atoms with Crippen molar-refractivity contribution in [3.05, 3.63) is 23.7 Å². The minimum absolute atomic E-state index is 0.00575. The predicted octanol–water partition coefficient (Wildman–Crippen LogP) is 2.44. The van der Waals surface area contributed by atoms with Crippen molar-refractivity contribution >= 4 is 5.97 Å². The first-order valence-electron chi connectivity index (χ1n) is 6.79. The molecule has 1 fully saturated rings. The van der Waals surface area contributed by atoms with Crippen LogP contribution in [0, 0.1) is 5.92 Å². The fraction of sp³-hybridized carbons (Fsp3) is 0.643. The van der Waals surface area contributed by atoms with E-state index in [0.717, 1.165) is 26.0 Å². The second kappa shape index (κ2) is 6.21. The second-order valence-electron chi connectivity index (χ2n) is 5.00. The van der Waals surface area contributed by atoms with Gasteiger partial charge in [-0.15, -0.1) is 0 Å². The molecule has 1 aromatic heterocycles. The number of aromatic carboxylic acids is 1. The average Bonchev–Trinajstić information content (AvgIpc) is 3.04. The number of hydrogen-bond donors (Lipinski definition) is 2. The number of ether oxygens (including phenoxy) is 1. The van der Waals surface area contributed by atoms with E-state index in [1.165, 1.54) is 6.07 Å². The van der Waals surface area contributed by atoms with E-state index in [1.807, 2.05) is 6.92 Å². The molecule has 1 aliphatic rings. The van der Waals surface area contributed by atoms with Crippen molar-refractivity contribution in [2.75, 3.05) is 13.2 Å². The van der Waals surface area contributed by atoms with Crippen molar-refractivity contribution in [3.8, 4) is 0 Å². The molecule has 0 amide bonds. The molecule has 2 N–H and O–H groups in total. The van der Waals surface area contributed by atoms with E-state index >= 15 is 0 Å². The Bertz CT molecular complexity index is 429. The van der Waals surface area contributed by atoms with Gasteiger partial charge in [-0.1, -0.05) is 6.92 Å². The highest BCUT2D eigenvalue weighted by Gasteiger charge is 2.27. The maximum absolute atomic E-state index is 10.8. The minimum atomic E-state index is -1.03. The smallest absolute Gasteiger partial charge is 0.371 e. The van der Waals surface area contributed by atoms with Crippen LogP contribution in [-0.4, -0.2) is 30.3 Å². The summed E-state index contributed by atoms with van der Waals surface area (Å²) < 4.78 is 10.9. The van der Waals surface area contributed by atoms with Crippen molar-refractivity contribution in [1.29, 1.82) is 0 Å². The quantitative estimate of drug-likeness (QED) is 0.828. The van der Waals surface area contributed by atoms with Gasteiger partial charge in [0.25, 0.3) is 0 Å². The van der Waals surface area contributed by atoms with Crippen LogP contribution in [-0.2, 0) is 4.74 Å². The summed E-state index contributed by atoms with van der Waals surface area (Å²) in [5.74, 6) is 0.138. The van der Waals surface area contributed by atoms with Gasteiger partial charge >= 0.3 is 5.97 Å². The number of carbonyl (C=O) groups is 1. The lowest BCUT2D eigenvalue weighted by atomic mass is 9.99. The fourth-order valence-electron chi connectivity index (χ4n) is 2.51. The third kappa shape index (κ3) is 3.36. The van der Waals surface area contributed by atoms with Gasteiger partial charge in [0.15, 0.2) is 0 Å². The van der Waals surface area contributed by atoms with Crippen LogP contribution in [0.4, 0.5) is 0 Å². The Labute approximate surface area is 112 Å². The van der Waals surface area contributed by atoms with E-state index in [2.05, 4.69) is 12.2 Å². The second-order valence-corrected chi connectivity index (χ2v) is 5.00. The van der Waals surface area contributed by atoms with Crippen molar-refractivity contribution in [3.63, 3.8) is 0 Å². The molecule has 5 heteroatoms. The summed E-state index contributed by atoms with van der Waals surface area (Å²) in [7, 11) is 0. The summed E-state index contributed by atoms with van der Waals surface area (Å²) in [6.45, 7) is 5.81. The van der Waals surface area contributed by atoms with Crippen molar-refractivity contribution < 1.29 is 19.1 Å². The molecule has 0 saturated carbocycles.